The summed E-state index contributed by atoms with van der Waals surface area (Å²) < 4.78 is 47.3. The third-order valence-electron chi connectivity index (χ3n) is 5.53. The Balaban J connectivity index is 1.85. The number of carbonyl (C=O) groups is 1. The summed E-state index contributed by atoms with van der Waals surface area (Å²) in [6.45, 7) is 1.76. The van der Waals surface area contributed by atoms with Crippen molar-refractivity contribution in [2.24, 2.45) is 0 Å². The van der Waals surface area contributed by atoms with Crippen LogP contribution in [0.25, 0.3) is 10.9 Å². The number of nitrogens with zero attached hydrogens (tertiary/aromatic N) is 2. The summed E-state index contributed by atoms with van der Waals surface area (Å²) in [5.74, 6) is -0.877. The predicted octanol–water partition coefficient (Wildman–Crippen LogP) is 4.73. The molecule has 0 aliphatic carbocycles. The van der Waals surface area contributed by atoms with Gasteiger partial charge in [0.2, 0.25) is 9.84 Å². The number of hydrogen-bond acceptors (Lipinski definition) is 5. The third-order valence-corrected chi connectivity index (χ3v) is 7.55. The number of aromatic nitrogens is 2. The highest BCUT2D eigenvalue weighted by Crippen LogP contribution is 2.31. The van der Waals surface area contributed by atoms with Crippen LogP contribution in [0.4, 0.5) is 4.39 Å². The molecule has 2 aromatic carbocycles. The van der Waals surface area contributed by atoms with Gasteiger partial charge in [-0.2, -0.15) is 0 Å². The maximum Gasteiger partial charge on any atom is 0.325 e. The van der Waals surface area contributed by atoms with Crippen molar-refractivity contribution in [3.63, 3.8) is 0 Å². The van der Waals surface area contributed by atoms with Gasteiger partial charge in [-0.15, -0.1) is 0 Å². The Labute approximate surface area is 195 Å². The first-order valence-corrected chi connectivity index (χ1v) is 11.9. The second-order valence-electron chi connectivity index (χ2n) is 7.49. The lowest BCUT2D eigenvalue weighted by Gasteiger charge is -2.11. The molecule has 0 aliphatic rings. The van der Waals surface area contributed by atoms with E-state index in [2.05, 4.69) is 4.98 Å². The predicted molar refractivity (Wildman–Crippen MR) is 123 cm³/mol. The SMILES string of the molecule is COC(=O)Cn1c(C)c(Cc2cccnc2S(=O)(=O)c2ccc(Cl)cc2)c2cc(F)ccc21. The number of carbonyl (C=O) groups excluding carboxylic acids is 1. The molecule has 0 bridgehead atoms. The molecule has 6 nitrogen and oxygen atoms in total. The Bertz CT molecular complexity index is 1460. The number of fused-ring (bicyclic) bond motifs is 1. The zero-order valence-electron chi connectivity index (χ0n) is 17.9. The van der Waals surface area contributed by atoms with Gasteiger partial charge in [0, 0.05) is 34.2 Å². The zero-order chi connectivity index (χ0) is 23.8. The molecule has 0 amide bonds. The van der Waals surface area contributed by atoms with Crippen LogP contribution in [0.5, 0.6) is 0 Å². The van der Waals surface area contributed by atoms with Gasteiger partial charge in [-0.05, 0) is 66.6 Å². The van der Waals surface area contributed by atoms with E-state index in [0.717, 1.165) is 0 Å². The second kappa shape index (κ2) is 8.96. The summed E-state index contributed by atoms with van der Waals surface area (Å²) in [6, 6.07) is 13.5. The molecule has 0 saturated heterocycles. The van der Waals surface area contributed by atoms with E-state index in [0.29, 0.717) is 32.7 Å². The molecular formula is C24H20ClFN2O4S. The number of sulfone groups is 1. The minimum Gasteiger partial charge on any atom is -0.468 e. The third kappa shape index (κ3) is 4.36. The average molecular weight is 487 g/mol. The Morgan fingerprint density at radius 1 is 1.15 bits per heavy atom. The van der Waals surface area contributed by atoms with E-state index in [-0.39, 0.29) is 22.9 Å². The van der Waals surface area contributed by atoms with Crippen LogP contribution in [-0.4, -0.2) is 31.0 Å². The lowest BCUT2D eigenvalue weighted by Crippen LogP contribution is -2.13. The average Bonchev–Trinajstić information content (AvgIpc) is 3.04. The Morgan fingerprint density at radius 3 is 2.58 bits per heavy atom. The highest BCUT2D eigenvalue weighted by atomic mass is 35.5. The largest absolute Gasteiger partial charge is 0.468 e. The van der Waals surface area contributed by atoms with Gasteiger partial charge in [0.15, 0.2) is 5.03 Å². The molecule has 0 aliphatic heterocycles. The fraction of sp³-hybridized carbons (Fsp3) is 0.167. The molecule has 2 heterocycles. The normalized spacial score (nSPS) is 11.6. The molecule has 4 aromatic rings. The topological polar surface area (TPSA) is 78.3 Å². The molecule has 2 aromatic heterocycles. The van der Waals surface area contributed by atoms with Crippen molar-refractivity contribution in [2.45, 2.75) is 29.8 Å². The first kappa shape index (κ1) is 22.9. The van der Waals surface area contributed by atoms with E-state index in [1.54, 1.807) is 29.7 Å². The van der Waals surface area contributed by atoms with Crippen LogP contribution in [0.1, 0.15) is 16.8 Å². The monoisotopic (exact) mass is 486 g/mol. The summed E-state index contributed by atoms with van der Waals surface area (Å²) in [5, 5.41) is 0.929. The maximum absolute atomic E-state index is 14.1. The number of pyridine rings is 1. The van der Waals surface area contributed by atoms with E-state index in [9.17, 15) is 17.6 Å². The van der Waals surface area contributed by atoms with Crippen molar-refractivity contribution in [3.8, 4) is 0 Å². The first-order chi connectivity index (χ1) is 15.7. The molecule has 0 fully saturated rings. The highest BCUT2D eigenvalue weighted by Gasteiger charge is 2.25. The van der Waals surface area contributed by atoms with Crippen molar-refractivity contribution in [2.75, 3.05) is 7.11 Å². The van der Waals surface area contributed by atoms with Gasteiger partial charge in [0.25, 0.3) is 0 Å². The quantitative estimate of drug-likeness (QED) is 0.368. The van der Waals surface area contributed by atoms with Crippen LogP contribution in [0.3, 0.4) is 0 Å². The second-order valence-corrected chi connectivity index (χ2v) is 9.79. The van der Waals surface area contributed by atoms with E-state index in [1.165, 1.54) is 49.7 Å². The lowest BCUT2D eigenvalue weighted by atomic mass is 10.0. The number of ether oxygens (including phenoxy) is 1. The van der Waals surface area contributed by atoms with Gasteiger partial charge in [-0.25, -0.2) is 17.8 Å². The first-order valence-electron chi connectivity index (χ1n) is 10.0. The van der Waals surface area contributed by atoms with Crippen LogP contribution in [0, 0.1) is 12.7 Å². The summed E-state index contributed by atoms with van der Waals surface area (Å²) in [7, 11) is -2.62. The molecule has 0 atom stereocenters. The summed E-state index contributed by atoms with van der Waals surface area (Å²) >= 11 is 5.90. The fourth-order valence-electron chi connectivity index (χ4n) is 3.86. The number of rotatable bonds is 6. The molecule has 0 spiro atoms. The van der Waals surface area contributed by atoms with Crippen LogP contribution >= 0.6 is 11.6 Å². The molecular weight excluding hydrogens is 467 g/mol. The van der Waals surface area contributed by atoms with Crippen molar-refractivity contribution >= 4 is 38.3 Å². The molecule has 170 valence electrons. The number of benzene rings is 2. The molecule has 33 heavy (non-hydrogen) atoms. The molecule has 0 N–H and O–H groups in total. The lowest BCUT2D eigenvalue weighted by molar-refractivity contribution is -0.141. The van der Waals surface area contributed by atoms with E-state index in [1.807, 2.05) is 0 Å². The number of esters is 1. The molecule has 0 unspecified atom stereocenters. The van der Waals surface area contributed by atoms with Crippen LogP contribution in [0.2, 0.25) is 5.02 Å². The van der Waals surface area contributed by atoms with Crippen molar-refractivity contribution in [1.82, 2.24) is 9.55 Å². The van der Waals surface area contributed by atoms with E-state index >= 15 is 0 Å². The van der Waals surface area contributed by atoms with Crippen LogP contribution < -0.4 is 0 Å². The minimum atomic E-state index is -3.92. The summed E-state index contributed by atoms with van der Waals surface area (Å²) in [6.07, 6.45) is 1.59. The summed E-state index contributed by atoms with van der Waals surface area (Å²) in [4.78, 5) is 16.2. The number of hydrogen-bond donors (Lipinski definition) is 0. The smallest absolute Gasteiger partial charge is 0.325 e. The molecule has 0 saturated carbocycles. The van der Waals surface area contributed by atoms with Gasteiger partial charge in [0.05, 0.1) is 12.0 Å². The van der Waals surface area contributed by atoms with Crippen molar-refractivity contribution < 1.29 is 22.3 Å². The maximum atomic E-state index is 14.1. The number of halogens is 2. The van der Waals surface area contributed by atoms with Gasteiger partial charge < -0.3 is 9.30 Å². The van der Waals surface area contributed by atoms with Gasteiger partial charge in [-0.1, -0.05) is 17.7 Å². The molecule has 4 rings (SSSR count). The van der Waals surface area contributed by atoms with E-state index < -0.39 is 21.6 Å². The van der Waals surface area contributed by atoms with Gasteiger partial charge >= 0.3 is 5.97 Å². The van der Waals surface area contributed by atoms with Crippen molar-refractivity contribution in [3.05, 3.63) is 88.5 Å². The standard InChI is InChI=1S/C24H20ClFN2O4S/c1-15-20(21-13-18(26)7-10-22(21)28(15)14-23(29)32-2)12-16-4-3-11-27-24(16)33(30,31)19-8-5-17(25)6-9-19/h3-11,13H,12,14H2,1-2H3. The van der Waals surface area contributed by atoms with Crippen molar-refractivity contribution in [1.29, 1.82) is 0 Å². The Hall–Kier alpha value is -3.23. The fourth-order valence-corrected chi connectivity index (χ4v) is 5.39. The van der Waals surface area contributed by atoms with Gasteiger partial charge in [-0.3, -0.25) is 4.79 Å². The van der Waals surface area contributed by atoms with Crippen LogP contribution in [-0.2, 0) is 32.3 Å². The highest BCUT2D eigenvalue weighted by molar-refractivity contribution is 7.91. The minimum absolute atomic E-state index is 0.0482. The van der Waals surface area contributed by atoms with E-state index in [4.69, 9.17) is 16.3 Å². The molecule has 9 heteroatoms. The molecule has 0 radical (unpaired) electrons. The van der Waals surface area contributed by atoms with Crippen LogP contribution in [0.15, 0.2) is 70.7 Å². The number of methoxy groups -OCH3 is 1. The Morgan fingerprint density at radius 2 is 1.88 bits per heavy atom. The zero-order valence-corrected chi connectivity index (χ0v) is 19.5. The Kier molecular flexibility index (Phi) is 6.23. The summed E-state index contributed by atoms with van der Waals surface area (Å²) in [5.41, 5.74) is 2.52. The van der Waals surface area contributed by atoms with Gasteiger partial charge in [0.1, 0.15) is 12.4 Å².